The normalized spacial score (nSPS) is 12.7. The van der Waals surface area contributed by atoms with Crippen molar-refractivity contribution >= 4 is 34.4 Å². The molecule has 0 fully saturated rings. The summed E-state index contributed by atoms with van der Waals surface area (Å²) in [5.74, 6) is -1.24. The van der Waals surface area contributed by atoms with Gasteiger partial charge in [-0.05, 0) is 67.4 Å². The zero-order valence-corrected chi connectivity index (χ0v) is 24.0. The first-order chi connectivity index (χ1) is 19.9. The number of anilines is 1. The molecule has 4 aromatic carbocycles. The molecule has 0 bridgehead atoms. The lowest BCUT2D eigenvalue weighted by molar-refractivity contribution is -0.139. The molecule has 0 aliphatic heterocycles. The van der Waals surface area contributed by atoms with Crippen molar-refractivity contribution in [3.05, 3.63) is 102 Å². The van der Waals surface area contributed by atoms with Gasteiger partial charge < -0.3 is 30.5 Å². The summed E-state index contributed by atoms with van der Waals surface area (Å²) in [4.78, 5) is 41.8. The maximum atomic E-state index is 14.0. The molecule has 4 rings (SSSR count). The van der Waals surface area contributed by atoms with E-state index in [1.54, 1.807) is 57.2 Å². The van der Waals surface area contributed by atoms with Gasteiger partial charge in [-0.1, -0.05) is 60.7 Å². The van der Waals surface area contributed by atoms with Gasteiger partial charge in [0.2, 0.25) is 5.91 Å². The van der Waals surface area contributed by atoms with E-state index >= 15 is 0 Å². The summed E-state index contributed by atoms with van der Waals surface area (Å²) in [5.41, 5.74) is 0.593. The first kappa shape index (κ1) is 29.9. The number of ether oxygens (including phenoxy) is 1. The number of phenols is 2. The Balaban J connectivity index is 1.66. The van der Waals surface area contributed by atoms with Crippen molar-refractivity contribution in [2.45, 2.75) is 44.9 Å². The zero-order valence-electron chi connectivity index (χ0n) is 24.0. The van der Waals surface area contributed by atoms with E-state index in [1.165, 1.54) is 30.1 Å². The van der Waals surface area contributed by atoms with Crippen LogP contribution in [0.1, 0.15) is 37.9 Å². The van der Waals surface area contributed by atoms with Crippen LogP contribution in [0.5, 0.6) is 11.5 Å². The summed E-state index contributed by atoms with van der Waals surface area (Å²) in [5, 5.41) is 27.8. The summed E-state index contributed by atoms with van der Waals surface area (Å²) < 4.78 is 5.40. The van der Waals surface area contributed by atoms with Gasteiger partial charge in [-0.25, -0.2) is 4.79 Å². The highest BCUT2D eigenvalue weighted by Gasteiger charge is 2.35. The molecule has 3 amide bonds. The molecular formula is C33H35N3O6. The number of fused-ring (bicyclic) bond motifs is 1. The van der Waals surface area contributed by atoms with Crippen LogP contribution in [0.15, 0.2) is 91.0 Å². The average molecular weight is 570 g/mol. The highest BCUT2D eigenvalue weighted by molar-refractivity contribution is 6.00. The van der Waals surface area contributed by atoms with Gasteiger partial charge >= 0.3 is 6.09 Å². The van der Waals surface area contributed by atoms with Crippen molar-refractivity contribution in [3.8, 4) is 11.5 Å². The second-order valence-corrected chi connectivity index (χ2v) is 11.0. The predicted molar refractivity (Wildman–Crippen MR) is 161 cm³/mol. The molecule has 218 valence electrons. The number of nitrogens with zero attached hydrogens (tertiary/aromatic N) is 1. The minimum absolute atomic E-state index is 0.0580. The lowest BCUT2D eigenvalue weighted by atomic mass is 10.00. The number of alkyl carbamates (subject to hydrolysis) is 1. The summed E-state index contributed by atoms with van der Waals surface area (Å²) >= 11 is 0. The van der Waals surface area contributed by atoms with Gasteiger partial charge in [0.05, 0.1) is 0 Å². The molecule has 0 saturated carbocycles. The van der Waals surface area contributed by atoms with E-state index in [-0.39, 0.29) is 23.5 Å². The third kappa shape index (κ3) is 7.57. The number of phenolic OH excluding ortho intramolecular Hbond substituents is 2. The zero-order chi connectivity index (χ0) is 30.4. The molecule has 0 aliphatic rings. The Hall–Kier alpha value is -5.05. The van der Waals surface area contributed by atoms with Crippen LogP contribution in [0.3, 0.4) is 0 Å². The molecule has 9 heteroatoms. The van der Waals surface area contributed by atoms with Crippen LogP contribution in [0.25, 0.3) is 10.8 Å². The topological polar surface area (TPSA) is 128 Å². The summed E-state index contributed by atoms with van der Waals surface area (Å²) in [7, 11) is 1.44. The molecule has 0 radical (unpaired) electrons. The highest BCUT2D eigenvalue weighted by atomic mass is 16.6. The van der Waals surface area contributed by atoms with E-state index in [2.05, 4.69) is 10.6 Å². The second kappa shape index (κ2) is 12.6. The monoisotopic (exact) mass is 569 g/mol. The average Bonchev–Trinajstić information content (AvgIpc) is 2.93. The van der Waals surface area contributed by atoms with Crippen LogP contribution >= 0.6 is 0 Å². The Morgan fingerprint density at radius 3 is 2.17 bits per heavy atom. The summed E-state index contributed by atoms with van der Waals surface area (Å²) in [6, 6.07) is 23.4. The number of carbonyl (C=O) groups excluding carboxylic acids is 3. The van der Waals surface area contributed by atoms with E-state index in [4.69, 9.17) is 4.74 Å². The molecule has 2 unspecified atom stereocenters. The Kier molecular flexibility index (Phi) is 9.00. The van der Waals surface area contributed by atoms with Crippen molar-refractivity contribution in [1.29, 1.82) is 0 Å². The van der Waals surface area contributed by atoms with Gasteiger partial charge in [0.1, 0.15) is 29.2 Å². The number of nitrogens with one attached hydrogen (secondary N) is 2. The minimum atomic E-state index is -1.24. The quantitative estimate of drug-likeness (QED) is 0.221. The van der Waals surface area contributed by atoms with Gasteiger partial charge in [-0.2, -0.15) is 0 Å². The Morgan fingerprint density at radius 2 is 1.50 bits per heavy atom. The van der Waals surface area contributed by atoms with Crippen LogP contribution in [-0.2, 0) is 20.7 Å². The van der Waals surface area contributed by atoms with Gasteiger partial charge in [0, 0.05) is 24.7 Å². The number of likely N-dealkylation sites (N-methyl/N-ethyl adjacent to an activating group) is 1. The minimum Gasteiger partial charge on any atom is -0.508 e. The van der Waals surface area contributed by atoms with Crippen LogP contribution in [0.4, 0.5) is 10.5 Å². The number of para-hydroxylation sites is 1. The maximum absolute atomic E-state index is 14.0. The van der Waals surface area contributed by atoms with Gasteiger partial charge in [-0.15, -0.1) is 0 Å². The molecule has 0 heterocycles. The van der Waals surface area contributed by atoms with Crippen molar-refractivity contribution in [2.24, 2.45) is 0 Å². The molecule has 0 aliphatic carbocycles. The fourth-order valence-corrected chi connectivity index (χ4v) is 4.61. The molecular weight excluding hydrogens is 534 g/mol. The lowest BCUT2D eigenvalue weighted by Crippen LogP contribution is -2.52. The largest absolute Gasteiger partial charge is 0.508 e. The number of carbonyl (C=O) groups is 3. The van der Waals surface area contributed by atoms with E-state index < -0.39 is 35.6 Å². The highest BCUT2D eigenvalue weighted by Crippen LogP contribution is 2.30. The SMILES string of the molecule is CN(C(=O)C(Cc1ccc(O)cc1)NC(=O)OC(C)(C)C)C(C(=O)Nc1ccc2ccccc2c1)c1ccccc1O. The maximum Gasteiger partial charge on any atom is 0.408 e. The summed E-state index contributed by atoms with van der Waals surface area (Å²) in [6.07, 6.45) is -0.740. The first-order valence-corrected chi connectivity index (χ1v) is 13.5. The molecule has 0 spiro atoms. The smallest absolute Gasteiger partial charge is 0.408 e. The van der Waals surface area contributed by atoms with Gasteiger partial charge in [0.25, 0.3) is 5.91 Å². The fraction of sp³-hybridized carbons (Fsp3) is 0.242. The Labute approximate surface area is 244 Å². The molecule has 2 atom stereocenters. The van der Waals surface area contributed by atoms with Crippen LogP contribution in [-0.4, -0.2) is 51.7 Å². The molecule has 4 N–H and O–H groups in total. The number of hydrogen-bond donors (Lipinski definition) is 4. The molecule has 0 aromatic heterocycles. The van der Waals surface area contributed by atoms with Crippen molar-refractivity contribution in [3.63, 3.8) is 0 Å². The number of benzene rings is 4. The Morgan fingerprint density at radius 1 is 0.857 bits per heavy atom. The number of amides is 3. The van der Waals surface area contributed by atoms with Crippen LogP contribution in [0.2, 0.25) is 0 Å². The van der Waals surface area contributed by atoms with E-state index in [1.807, 2.05) is 36.4 Å². The lowest BCUT2D eigenvalue weighted by Gasteiger charge is -2.32. The van der Waals surface area contributed by atoms with Gasteiger partial charge in [0.15, 0.2) is 0 Å². The molecule has 42 heavy (non-hydrogen) atoms. The molecule has 9 nitrogen and oxygen atoms in total. The van der Waals surface area contributed by atoms with Crippen molar-refractivity contribution < 1.29 is 29.3 Å². The summed E-state index contributed by atoms with van der Waals surface area (Å²) in [6.45, 7) is 5.13. The van der Waals surface area contributed by atoms with E-state index in [9.17, 15) is 24.6 Å². The van der Waals surface area contributed by atoms with Crippen molar-refractivity contribution in [1.82, 2.24) is 10.2 Å². The number of aromatic hydroxyl groups is 2. The Bertz CT molecular complexity index is 1580. The van der Waals surface area contributed by atoms with Gasteiger partial charge in [-0.3, -0.25) is 9.59 Å². The number of rotatable bonds is 8. The predicted octanol–water partition coefficient (Wildman–Crippen LogP) is 5.53. The van der Waals surface area contributed by atoms with Crippen molar-refractivity contribution in [2.75, 3.05) is 12.4 Å². The third-order valence-corrected chi connectivity index (χ3v) is 6.60. The van der Waals surface area contributed by atoms with E-state index in [0.29, 0.717) is 11.3 Å². The fourth-order valence-electron chi connectivity index (χ4n) is 4.61. The van der Waals surface area contributed by atoms with E-state index in [0.717, 1.165) is 10.8 Å². The standard InChI is InChI=1S/C33H35N3O6/c1-33(2,3)42-32(41)35-27(19-21-13-17-25(37)18-14-21)31(40)36(4)29(26-11-7-8-12-28(26)38)30(39)34-24-16-15-22-9-5-6-10-23(22)20-24/h5-18,20,27,29,37-38H,19H2,1-4H3,(H,34,39)(H,35,41). The van der Waals surface area contributed by atoms with Crippen LogP contribution in [0, 0.1) is 0 Å². The number of hydrogen-bond acceptors (Lipinski definition) is 6. The third-order valence-electron chi connectivity index (χ3n) is 6.60. The molecule has 0 saturated heterocycles. The second-order valence-electron chi connectivity index (χ2n) is 11.0. The first-order valence-electron chi connectivity index (χ1n) is 13.5. The molecule has 4 aromatic rings. The van der Waals surface area contributed by atoms with Crippen LogP contribution < -0.4 is 10.6 Å².